The summed E-state index contributed by atoms with van der Waals surface area (Å²) in [6, 6.07) is 5.69. The third-order valence-electron chi connectivity index (χ3n) is 3.06. The highest BCUT2D eigenvalue weighted by Gasteiger charge is 2.27. The molecule has 1 rings (SSSR count). The van der Waals surface area contributed by atoms with Crippen molar-refractivity contribution in [1.82, 2.24) is 5.32 Å². The summed E-state index contributed by atoms with van der Waals surface area (Å²) in [6.07, 6.45) is -0.245. The molecule has 0 aliphatic heterocycles. The number of amides is 1. The average Bonchev–Trinajstić information content (AvgIpc) is 2.24. The Kier molecular flexibility index (Phi) is 5.51. The Morgan fingerprint density at radius 2 is 1.90 bits per heavy atom. The monoisotopic (exact) mass is 295 g/mol. The summed E-state index contributed by atoms with van der Waals surface area (Å²) in [5.74, 6) is -0.652. The first-order valence-corrected chi connectivity index (χ1v) is 7.23. The minimum Gasteiger partial charge on any atom is -0.388 e. The van der Waals surface area contributed by atoms with Crippen molar-refractivity contribution in [1.29, 1.82) is 0 Å². The van der Waals surface area contributed by atoms with E-state index in [9.17, 15) is 14.3 Å². The van der Waals surface area contributed by atoms with Gasteiger partial charge >= 0.3 is 0 Å². The van der Waals surface area contributed by atoms with E-state index < -0.39 is 11.9 Å². The van der Waals surface area contributed by atoms with E-state index >= 15 is 0 Å². The van der Waals surface area contributed by atoms with Gasteiger partial charge in [-0.15, -0.1) is 0 Å². The summed E-state index contributed by atoms with van der Waals surface area (Å²) < 4.78 is 13.1. The molecule has 0 saturated carbocycles. The Morgan fingerprint density at radius 3 is 2.43 bits per heavy atom. The Hall–Kier alpha value is -1.42. The van der Waals surface area contributed by atoms with Crippen LogP contribution in [-0.4, -0.2) is 16.6 Å². The van der Waals surface area contributed by atoms with Gasteiger partial charge in [-0.05, 0) is 43.4 Å². The van der Waals surface area contributed by atoms with Crippen LogP contribution in [0.2, 0.25) is 0 Å². The lowest BCUT2D eigenvalue weighted by atomic mass is 9.81. The Balaban J connectivity index is 2.61. The lowest BCUT2D eigenvalue weighted by molar-refractivity contribution is -0.125. The molecule has 21 heavy (non-hydrogen) atoms. The topological polar surface area (TPSA) is 49.3 Å². The van der Waals surface area contributed by atoms with Gasteiger partial charge in [0.1, 0.15) is 5.82 Å². The fourth-order valence-corrected chi connectivity index (χ4v) is 2.81. The number of rotatable bonds is 5. The van der Waals surface area contributed by atoms with Gasteiger partial charge in [0, 0.05) is 5.54 Å². The molecule has 0 saturated heterocycles. The van der Waals surface area contributed by atoms with Crippen molar-refractivity contribution in [3.63, 3.8) is 0 Å². The maximum Gasteiger partial charge on any atom is 0.223 e. The van der Waals surface area contributed by atoms with Crippen LogP contribution in [0.15, 0.2) is 24.3 Å². The highest BCUT2D eigenvalue weighted by Crippen LogP contribution is 2.27. The summed E-state index contributed by atoms with van der Waals surface area (Å²) in [4.78, 5) is 12.0. The second-order valence-electron chi connectivity index (χ2n) is 7.44. The number of aliphatic hydroxyl groups is 1. The van der Waals surface area contributed by atoms with Crippen molar-refractivity contribution < 1.29 is 14.3 Å². The van der Waals surface area contributed by atoms with Crippen LogP contribution < -0.4 is 5.32 Å². The van der Waals surface area contributed by atoms with E-state index in [1.54, 1.807) is 6.07 Å². The molecule has 1 amide bonds. The standard InChI is InChI=1S/C17H26FNO2/c1-16(2,3)11-17(4,5)19-15(21)10-14(20)12-7-6-8-13(18)9-12/h6-9,14,20H,10-11H2,1-5H3,(H,19,21). The Morgan fingerprint density at radius 1 is 1.29 bits per heavy atom. The molecule has 1 atom stereocenters. The van der Waals surface area contributed by atoms with E-state index in [0.717, 1.165) is 6.42 Å². The minimum absolute atomic E-state index is 0.0724. The molecule has 0 spiro atoms. The van der Waals surface area contributed by atoms with Crippen molar-refractivity contribution in [2.75, 3.05) is 0 Å². The maximum absolute atomic E-state index is 13.1. The molecule has 1 unspecified atom stereocenters. The van der Waals surface area contributed by atoms with Crippen LogP contribution in [0.25, 0.3) is 0 Å². The molecule has 0 aliphatic rings. The van der Waals surface area contributed by atoms with Crippen LogP contribution in [0.5, 0.6) is 0 Å². The van der Waals surface area contributed by atoms with Crippen LogP contribution in [0.1, 0.15) is 59.1 Å². The van der Waals surface area contributed by atoms with Gasteiger partial charge < -0.3 is 10.4 Å². The van der Waals surface area contributed by atoms with Crippen molar-refractivity contribution in [2.45, 2.75) is 59.1 Å². The maximum atomic E-state index is 13.1. The molecule has 2 N–H and O–H groups in total. The van der Waals surface area contributed by atoms with Gasteiger partial charge in [0.2, 0.25) is 5.91 Å². The second kappa shape index (κ2) is 6.56. The predicted octanol–water partition coefficient (Wildman–Crippen LogP) is 3.58. The zero-order chi connectivity index (χ0) is 16.3. The van der Waals surface area contributed by atoms with Gasteiger partial charge in [0.15, 0.2) is 0 Å². The summed E-state index contributed by atoms with van der Waals surface area (Å²) in [5, 5.41) is 13.0. The molecule has 0 bridgehead atoms. The molecular weight excluding hydrogens is 269 g/mol. The van der Waals surface area contributed by atoms with E-state index in [-0.39, 0.29) is 23.3 Å². The first-order valence-electron chi connectivity index (χ1n) is 7.23. The van der Waals surface area contributed by atoms with Crippen molar-refractivity contribution in [3.05, 3.63) is 35.6 Å². The van der Waals surface area contributed by atoms with E-state index in [1.807, 2.05) is 13.8 Å². The summed E-state index contributed by atoms with van der Waals surface area (Å²) in [6.45, 7) is 10.3. The van der Waals surface area contributed by atoms with Crippen molar-refractivity contribution in [2.24, 2.45) is 5.41 Å². The molecule has 1 aromatic rings. The number of benzene rings is 1. The normalized spacial score (nSPS) is 13.9. The smallest absolute Gasteiger partial charge is 0.223 e. The second-order valence-corrected chi connectivity index (χ2v) is 7.44. The number of hydrogen-bond donors (Lipinski definition) is 2. The Bertz CT molecular complexity index is 492. The average molecular weight is 295 g/mol. The molecule has 0 radical (unpaired) electrons. The highest BCUT2D eigenvalue weighted by molar-refractivity contribution is 5.77. The zero-order valence-corrected chi connectivity index (χ0v) is 13.5. The predicted molar refractivity (Wildman–Crippen MR) is 82.3 cm³/mol. The lowest BCUT2D eigenvalue weighted by Crippen LogP contribution is -2.46. The SMILES string of the molecule is CC(C)(C)CC(C)(C)NC(=O)CC(O)c1cccc(F)c1. The molecule has 0 aliphatic carbocycles. The van der Waals surface area contributed by atoms with Crippen LogP contribution >= 0.6 is 0 Å². The van der Waals surface area contributed by atoms with Crippen LogP contribution in [0, 0.1) is 11.2 Å². The summed E-state index contributed by atoms with van der Waals surface area (Å²) >= 11 is 0. The number of aliphatic hydroxyl groups excluding tert-OH is 1. The van der Waals surface area contributed by atoms with Gasteiger partial charge in [-0.1, -0.05) is 32.9 Å². The molecule has 1 aromatic carbocycles. The molecule has 0 aromatic heterocycles. The highest BCUT2D eigenvalue weighted by atomic mass is 19.1. The number of nitrogens with one attached hydrogen (secondary N) is 1. The molecule has 0 heterocycles. The molecule has 0 fully saturated rings. The molecule has 3 nitrogen and oxygen atoms in total. The summed E-state index contributed by atoms with van der Waals surface area (Å²) in [5.41, 5.74) is 0.161. The minimum atomic E-state index is -0.994. The summed E-state index contributed by atoms with van der Waals surface area (Å²) in [7, 11) is 0. The fourth-order valence-electron chi connectivity index (χ4n) is 2.81. The van der Waals surface area contributed by atoms with Crippen molar-refractivity contribution in [3.8, 4) is 0 Å². The zero-order valence-electron chi connectivity index (χ0n) is 13.5. The van der Waals surface area contributed by atoms with Gasteiger partial charge in [-0.3, -0.25) is 4.79 Å². The third kappa shape index (κ3) is 6.71. The third-order valence-corrected chi connectivity index (χ3v) is 3.06. The number of halogens is 1. The van der Waals surface area contributed by atoms with E-state index in [4.69, 9.17) is 0 Å². The molecule has 118 valence electrons. The van der Waals surface area contributed by atoms with E-state index in [1.165, 1.54) is 18.2 Å². The van der Waals surface area contributed by atoms with Gasteiger partial charge in [-0.2, -0.15) is 0 Å². The van der Waals surface area contributed by atoms with Crippen molar-refractivity contribution >= 4 is 5.91 Å². The number of carbonyl (C=O) groups is 1. The first kappa shape index (κ1) is 17.6. The van der Waals surface area contributed by atoms with E-state index in [2.05, 4.69) is 26.1 Å². The quantitative estimate of drug-likeness (QED) is 0.872. The van der Waals surface area contributed by atoms with Gasteiger partial charge in [-0.25, -0.2) is 4.39 Å². The largest absolute Gasteiger partial charge is 0.388 e. The lowest BCUT2D eigenvalue weighted by Gasteiger charge is -2.33. The fraction of sp³-hybridized carbons (Fsp3) is 0.588. The van der Waals surface area contributed by atoms with Crippen LogP contribution in [0.3, 0.4) is 0 Å². The number of carbonyl (C=O) groups excluding carboxylic acids is 1. The van der Waals surface area contributed by atoms with Crippen LogP contribution in [0.4, 0.5) is 4.39 Å². The molecular formula is C17H26FNO2. The van der Waals surface area contributed by atoms with Crippen LogP contribution in [-0.2, 0) is 4.79 Å². The number of hydrogen-bond acceptors (Lipinski definition) is 2. The first-order chi connectivity index (χ1) is 9.48. The Labute approximate surface area is 126 Å². The van der Waals surface area contributed by atoms with Gasteiger partial charge in [0.05, 0.1) is 12.5 Å². The van der Waals surface area contributed by atoms with E-state index in [0.29, 0.717) is 5.56 Å². The van der Waals surface area contributed by atoms with Gasteiger partial charge in [0.25, 0.3) is 0 Å². The molecule has 4 heteroatoms.